The molecule has 1 amide bonds. The van der Waals surface area contributed by atoms with Gasteiger partial charge in [-0.1, -0.05) is 11.6 Å². The average Bonchev–Trinajstić information content (AvgIpc) is 2.81. The molecular weight excluding hydrogens is 318 g/mol. The average molecular weight is 334 g/mol. The molecule has 0 fully saturated rings. The summed E-state index contributed by atoms with van der Waals surface area (Å²) in [4.78, 5) is 12.4. The molecule has 2 aromatic rings. The molecule has 1 heterocycles. The number of ether oxygens (including phenoxy) is 3. The maximum absolute atomic E-state index is 12.4. The maximum Gasteiger partial charge on any atom is 0.255 e. The molecule has 1 aliphatic rings. The lowest BCUT2D eigenvalue weighted by molar-refractivity contribution is 0.102. The highest BCUT2D eigenvalue weighted by molar-refractivity contribution is 6.32. The van der Waals surface area contributed by atoms with E-state index in [2.05, 4.69) is 5.32 Å². The van der Waals surface area contributed by atoms with Gasteiger partial charge in [0.25, 0.3) is 5.91 Å². The van der Waals surface area contributed by atoms with E-state index in [9.17, 15) is 4.79 Å². The number of benzene rings is 2. The minimum Gasteiger partial charge on any atom is -0.497 e. The van der Waals surface area contributed by atoms with E-state index in [-0.39, 0.29) is 5.91 Å². The lowest BCUT2D eigenvalue weighted by atomic mass is 10.1. The smallest absolute Gasteiger partial charge is 0.255 e. The van der Waals surface area contributed by atoms with Gasteiger partial charge in [-0.25, -0.2) is 0 Å². The summed E-state index contributed by atoms with van der Waals surface area (Å²) in [6, 6.07) is 10.3. The SMILES string of the molecule is COc1ccc(NC(=O)c2cc(Cl)c3c(c2)OCCCO3)cc1. The van der Waals surface area contributed by atoms with Gasteiger partial charge in [-0.2, -0.15) is 0 Å². The first-order chi connectivity index (χ1) is 11.2. The zero-order valence-electron chi connectivity index (χ0n) is 12.6. The first-order valence-corrected chi connectivity index (χ1v) is 7.60. The fourth-order valence-electron chi connectivity index (χ4n) is 2.24. The van der Waals surface area contributed by atoms with Crippen molar-refractivity contribution in [3.63, 3.8) is 0 Å². The van der Waals surface area contributed by atoms with Crippen molar-refractivity contribution in [1.29, 1.82) is 0 Å². The number of nitrogens with one attached hydrogen (secondary N) is 1. The van der Waals surface area contributed by atoms with Crippen LogP contribution in [0.5, 0.6) is 17.2 Å². The minimum absolute atomic E-state index is 0.271. The first kappa shape index (κ1) is 15.5. The van der Waals surface area contributed by atoms with Crippen LogP contribution in [0.25, 0.3) is 0 Å². The number of carbonyl (C=O) groups is 1. The van der Waals surface area contributed by atoms with Gasteiger partial charge in [-0.05, 0) is 36.4 Å². The van der Waals surface area contributed by atoms with Crippen molar-refractivity contribution in [2.45, 2.75) is 6.42 Å². The minimum atomic E-state index is -0.271. The molecule has 0 saturated carbocycles. The van der Waals surface area contributed by atoms with Gasteiger partial charge < -0.3 is 19.5 Å². The zero-order chi connectivity index (χ0) is 16.2. The number of fused-ring (bicyclic) bond motifs is 1. The molecular formula is C17H16ClNO4. The van der Waals surface area contributed by atoms with E-state index in [0.29, 0.717) is 41.0 Å². The lowest BCUT2D eigenvalue weighted by Gasteiger charge is -2.12. The molecule has 0 unspecified atom stereocenters. The number of halogens is 1. The molecule has 0 radical (unpaired) electrons. The molecule has 3 rings (SSSR count). The Balaban J connectivity index is 1.81. The largest absolute Gasteiger partial charge is 0.497 e. The van der Waals surface area contributed by atoms with Gasteiger partial charge in [0, 0.05) is 17.7 Å². The third kappa shape index (κ3) is 3.51. The van der Waals surface area contributed by atoms with E-state index in [1.807, 2.05) is 0 Å². The lowest BCUT2D eigenvalue weighted by Crippen LogP contribution is -2.12. The van der Waals surface area contributed by atoms with Crippen LogP contribution in [0.2, 0.25) is 5.02 Å². The summed E-state index contributed by atoms with van der Waals surface area (Å²) in [5.74, 6) is 1.44. The van der Waals surface area contributed by atoms with Crippen molar-refractivity contribution in [3.05, 3.63) is 47.0 Å². The van der Waals surface area contributed by atoms with Crippen LogP contribution in [-0.2, 0) is 0 Å². The van der Waals surface area contributed by atoms with Crippen LogP contribution in [0.15, 0.2) is 36.4 Å². The van der Waals surface area contributed by atoms with Crippen LogP contribution < -0.4 is 19.5 Å². The normalized spacial score (nSPS) is 13.1. The molecule has 0 atom stereocenters. The molecule has 5 nitrogen and oxygen atoms in total. The van der Waals surface area contributed by atoms with E-state index in [1.165, 1.54) is 0 Å². The fourth-order valence-corrected chi connectivity index (χ4v) is 2.50. The van der Waals surface area contributed by atoms with Crippen molar-refractivity contribution in [2.75, 3.05) is 25.6 Å². The summed E-state index contributed by atoms with van der Waals surface area (Å²) in [7, 11) is 1.59. The number of anilines is 1. The molecule has 0 aliphatic carbocycles. The highest BCUT2D eigenvalue weighted by Crippen LogP contribution is 2.38. The third-order valence-electron chi connectivity index (χ3n) is 3.41. The number of hydrogen-bond acceptors (Lipinski definition) is 4. The Morgan fingerprint density at radius 1 is 1.17 bits per heavy atom. The van der Waals surface area contributed by atoms with Crippen molar-refractivity contribution >= 4 is 23.2 Å². The Morgan fingerprint density at radius 2 is 1.91 bits per heavy atom. The van der Waals surface area contributed by atoms with Crippen molar-refractivity contribution in [3.8, 4) is 17.2 Å². The molecule has 6 heteroatoms. The third-order valence-corrected chi connectivity index (χ3v) is 3.69. The predicted molar refractivity (Wildman–Crippen MR) is 88.0 cm³/mol. The summed E-state index contributed by atoms with van der Waals surface area (Å²) in [5, 5.41) is 3.17. The van der Waals surface area contributed by atoms with Gasteiger partial charge in [-0.3, -0.25) is 4.79 Å². The Labute approximate surface area is 139 Å². The molecule has 0 spiro atoms. The fraction of sp³-hybridized carbons (Fsp3) is 0.235. The number of methoxy groups -OCH3 is 1. The van der Waals surface area contributed by atoms with Gasteiger partial charge in [0.1, 0.15) is 5.75 Å². The molecule has 0 aromatic heterocycles. The molecule has 23 heavy (non-hydrogen) atoms. The second kappa shape index (κ2) is 6.79. The van der Waals surface area contributed by atoms with Crippen LogP contribution >= 0.6 is 11.6 Å². The van der Waals surface area contributed by atoms with E-state index >= 15 is 0 Å². The van der Waals surface area contributed by atoms with E-state index < -0.39 is 0 Å². The van der Waals surface area contributed by atoms with Crippen LogP contribution in [0.4, 0.5) is 5.69 Å². The Morgan fingerprint density at radius 3 is 2.65 bits per heavy atom. The van der Waals surface area contributed by atoms with Crippen LogP contribution in [0.3, 0.4) is 0 Å². The second-order valence-electron chi connectivity index (χ2n) is 5.02. The molecule has 0 bridgehead atoms. The maximum atomic E-state index is 12.4. The molecule has 0 saturated heterocycles. The summed E-state index contributed by atoms with van der Waals surface area (Å²) in [6.45, 7) is 1.08. The number of amides is 1. The number of carbonyl (C=O) groups excluding carboxylic acids is 1. The Hall–Kier alpha value is -2.40. The molecule has 120 valence electrons. The Bertz CT molecular complexity index is 715. The second-order valence-corrected chi connectivity index (χ2v) is 5.43. The van der Waals surface area contributed by atoms with Crippen molar-refractivity contribution in [2.24, 2.45) is 0 Å². The van der Waals surface area contributed by atoms with Crippen LogP contribution in [-0.4, -0.2) is 26.2 Å². The van der Waals surface area contributed by atoms with E-state index in [4.69, 9.17) is 25.8 Å². The monoisotopic (exact) mass is 333 g/mol. The molecule has 1 aliphatic heterocycles. The Kier molecular flexibility index (Phi) is 4.57. The summed E-state index contributed by atoms with van der Waals surface area (Å²) in [6.07, 6.45) is 0.776. The quantitative estimate of drug-likeness (QED) is 0.929. The van der Waals surface area contributed by atoms with Gasteiger partial charge in [-0.15, -0.1) is 0 Å². The van der Waals surface area contributed by atoms with E-state index in [0.717, 1.165) is 12.2 Å². The summed E-state index contributed by atoms with van der Waals surface area (Å²) >= 11 is 6.20. The van der Waals surface area contributed by atoms with Gasteiger partial charge in [0.05, 0.1) is 25.3 Å². The van der Waals surface area contributed by atoms with Gasteiger partial charge in [0.15, 0.2) is 11.5 Å². The first-order valence-electron chi connectivity index (χ1n) is 7.22. The predicted octanol–water partition coefficient (Wildman–Crippen LogP) is 3.76. The van der Waals surface area contributed by atoms with E-state index in [1.54, 1.807) is 43.5 Å². The van der Waals surface area contributed by atoms with Crippen LogP contribution in [0, 0.1) is 0 Å². The van der Waals surface area contributed by atoms with Crippen LogP contribution in [0.1, 0.15) is 16.8 Å². The molecule has 1 N–H and O–H groups in total. The summed E-state index contributed by atoms with van der Waals surface area (Å²) < 4.78 is 16.2. The molecule has 2 aromatic carbocycles. The topological polar surface area (TPSA) is 56.8 Å². The highest BCUT2D eigenvalue weighted by Gasteiger charge is 2.18. The number of hydrogen-bond donors (Lipinski definition) is 1. The highest BCUT2D eigenvalue weighted by atomic mass is 35.5. The van der Waals surface area contributed by atoms with Gasteiger partial charge >= 0.3 is 0 Å². The number of rotatable bonds is 3. The standard InChI is InChI=1S/C17H16ClNO4/c1-21-13-5-3-12(4-6-13)19-17(20)11-9-14(18)16-15(10-11)22-7-2-8-23-16/h3-6,9-10H,2,7-8H2,1H3,(H,19,20). The summed E-state index contributed by atoms with van der Waals surface area (Å²) in [5.41, 5.74) is 1.08. The zero-order valence-corrected chi connectivity index (χ0v) is 13.4. The van der Waals surface area contributed by atoms with Gasteiger partial charge in [0.2, 0.25) is 0 Å². The van der Waals surface area contributed by atoms with Crippen molar-refractivity contribution in [1.82, 2.24) is 0 Å². The van der Waals surface area contributed by atoms with Crippen molar-refractivity contribution < 1.29 is 19.0 Å².